The normalized spacial score (nSPS) is 15.9. The van der Waals surface area contributed by atoms with Crippen molar-refractivity contribution >= 4 is 11.7 Å². The number of aryl methyl sites for hydroxylation is 2. The molecule has 1 fully saturated rings. The Labute approximate surface area is 208 Å². The number of nitrogens with zero attached hydrogens (tertiary/aromatic N) is 5. The van der Waals surface area contributed by atoms with E-state index in [0.717, 1.165) is 41.3 Å². The van der Waals surface area contributed by atoms with Crippen molar-refractivity contribution in [2.75, 3.05) is 25.6 Å². The number of pyridine rings is 1. The van der Waals surface area contributed by atoms with E-state index in [1.807, 2.05) is 52.8 Å². The van der Waals surface area contributed by atoms with E-state index in [2.05, 4.69) is 31.7 Å². The molecule has 0 aromatic carbocycles. The number of hydrogen-bond acceptors (Lipinski definition) is 6. The van der Waals surface area contributed by atoms with Gasteiger partial charge in [-0.15, -0.1) is 0 Å². The highest BCUT2D eigenvalue weighted by atomic mass is 16.3. The number of aromatic amines is 1. The quantitative estimate of drug-likeness (QED) is 0.496. The van der Waals surface area contributed by atoms with Crippen LogP contribution in [0.15, 0.2) is 24.5 Å². The maximum atomic E-state index is 12.6. The Morgan fingerprint density at radius 1 is 1.23 bits per heavy atom. The number of H-pyrrole nitrogens is 1. The molecule has 5 rings (SSSR count). The van der Waals surface area contributed by atoms with Crippen LogP contribution in [0.1, 0.15) is 77.7 Å². The first-order valence-electron chi connectivity index (χ1n) is 12.5. The van der Waals surface area contributed by atoms with Crippen LogP contribution in [0.2, 0.25) is 0 Å². The maximum Gasteiger partial charge on any atom is 0.255 e. The van der Waals surface area contributed by atoms with Crippen molar-refractivity contribution in [3.8, 4) is 0 Å². The largest absolute Gasteiger partial charge is 0.396 e. The number of anilines is 1. The summed E-state index contributed by atoms with van der Waals surface area (Å²) in [5, 5.41) is 23.0. The number of rotatable bonds is 6. The molecule has 1 saturated carbocycles. The summed E-state index contributed by atoms with van der Waals surface area (Å²) in [7, 11) is 3.94. The van der Waals surface area contributed by atoms with Crippen molar-refractivity contribution < 1.29 is 9.90 Å². The molecule has 3 aromatic heterocycles. The first kappa shape index (κ1) is 26.4. The lowest BCUT2D eigenvalue weighted by Crippen LogP contribution is -2.27. The van der Waals surface area contributed by atoms with Crippen molar-refractivity contribution in [3.05, 3.63) is 58.3 Å². The molecule has 35 heavy (non-hydrogen) atoms. The summed E-state index contributed by atoms with van der Waals surface area (Å²) in [6.45, 7) is 9.00. The monoisotopic (exact) mass is 481 g/mol. The highest BCUT2D eigenvalue weighted by Gasteiger charge is 2.28. The minimum atomic E-state index is -0.123. The molecule has 1 unspecified atom stereocenters. The standard InChI is InChI=1S/C20H25N7O.C4H8O.C2H6/c1-12-14(5-8-18(22-12)26(3)4)10-27-11-15(9-21-27)20(28)23-17-7-6-16-13(2)24-25-19(16)17;5-3-4-1-2-4;1-2/h5,8-9,11,17H,6-7,10H2,1-4H3,(H,23,28)(H,24,25);4-5H,1-3H2;1-2H3. The van der Waals surface area contributed by atoms with Gasteiger partial charge in [-0.2, -0.15) is 10.2 Å². The van der Waals surface area contributed by atoms with Crippen LogP contribution in [-0.4, -0.2) is 56.7 Å². The predicted molar refractivity (Wildman–Crippen MR) is 138 cm³/mol. The summed E-state index contributed by atoms with van der Waals surface area (Å²) >= 11 is 0. The number of carbonyl (C=O) groups is 1. The molecular formula is C26H39N7O2. The van der Waals surface area contributed by atoms with E-state index in [4.69, 9.17) is 5.11 Å². The highest BCUT2D eigenvalue weighted by molar-refractivity contribution is 5.94. The average Bonchev–Trinajstić information content (AvgIpc) is 3.26. The number of aliphatic hydroxyl groups excluding tert-OH is 1. The first-order valence-corrected chi connectivity index (χ1v) is 12.5. The van der Waals surface area contributed by atoms with Gasteiger partial charge in [-0.3, -0.25) is 14.6 Å². The van der Waals surface area contributed by atoms with Crippen LogP contribution in [0.25, 0.3) is 0 Å². The van der Waals surface area contributed by atoms with Crippen molar-refractivity contribution in [1.29, 1.82) is 0 Å². The van der Waals surface area contributed by atoms with E-state index in [-0.39, 0.29) is 11.9 Å². The second-order valence-electron chi connectivity index (χ2n) is 9.14. The zero-order valence-electron chi connectivity index (χ0n) is 21.8. The third-order valence-electron chi connectivity index (χ3n) is 6.25. The minimum absolute atomic E-state index is 0.0409. The molecule has 1 atom stereocenters. The van der Waals surface area contributed by atoms with Crippen LogP contribution in [0.3, 0.4) is 0 Å². The van der Waals surface area contributed by atoms with Crippen LogP contribution < -0.4 is 10.2 Å². The number of aliphatic hydroxyl groups is 1. The van der Waals surface area contributed by atoms with Crippen molar-refractivity contribution in [2.45, 2.75) is 66.0 Å². The summed E-state index contributed by atoms with van der Waals surface area (Å²) in [5.74, 6) is 1.49. The lowest BCUT2D eigenvalue weighted by Gasteiger charge is -2.13. The molecule has 0 aliphatic heterocycles. The lowest BCUT2D eigenvalue weighted by molar-refractivity contribution is 0.0935. The molecule has 0 radical (unpaired) electrons. The van der Waals surface area contributed by atoms with E-state index >= 15 is 0 Å². The summed E-state index contributed by atoms with van der Waals surface area (Å²) in [4.78, 5) is 19.2. The van der Waals surface area contributed by atoms with E-state index in [9.17, 15) is 4.79 Å². The number of carbonyl (C=O) groups excluding carboxylic acids is 1. The van der Waals surface area contributed by atoms with E-state index < -0.39 is 0 Å². The Bertz CT molecular complexity index is 1110. The smallest absolute Gasteiger partial charge is 0.255 e. The van der Waals surface area contributed by atoms with Crippen LogP contribution in [0, 0.1) is 19.8 Å². The molecule has 9 nitrogen and oxygen atoms in total. The van der Waals surface area contributed by atoms with Gasteiger partial charge in [-0.05, 0) is 62.6 Å². The van der Waals surface area contributed by atoms with E-state index in [0.29, 0.717) is 24.6 Å². The predicted octanol–water partition coefficient (Wildman–Crippen LogP) is 3.56. The molecule has 2 aliphatic carbocycles. The topological polar surface area (TPSA) is 112 Å². The zero-order chi connectivity index (χ0) is 25.5. The summed E-state index contributed by atoms with van der Waals surface area (Å²) in [6, 6.07) is 4.00. The molecule has 0 spiro atoms. The molecule has 3 heterocycles. The Balaban J connectivity index is 0.000000428. The average molecular weight is 482 g/mol. The molecule has 3 aromatic rings. The number of aromatic nitrogens is 5. The van der Waals surface area contributed by atoms with E-state index in [1.54, 1.807) is 17.1 Å². The molecular weight excluding hydrogens is 442 g/mol. The van der Waals surface area contributed by atoms with E-state index in [1.165, 1.54) is 18.4 Å². The molecule has 0 bridgehead atoms. The molecule has 1 amide bonds. The second kappa shape index (κ2) is 12.0. The van der Waals surface area contributed by atoms with Crippen molar-refractivity contribution in [1.82, 2.24) is 30.3 Å². The number of fused-ring (bicyclic) bond motifs is 1. The number of amides is 1. The van der Waals surface area contributed by atoms with Gasteiger partial charge in [0.2, 0.25) is 0 Å². The van der Waals surface area contributed by atoms with Gasteiger partial charge in [0, 0.05) is 38.3 Å². The lowest BCUT2D eigenvalue weighted by atomic mass is 10.2. The van der Waals surface area contributed by atoms with Crippen LogP contribution >= 0.6 is 0 Å². The molecule has 9 heteroatoms. The van der Waals surface area contributed by atoms with Crippen LogP contribution in [0.4, 0.5) is 5.82 Å². The van der Waals surface area contributed by atoms with Gasteiger partial charge in [-0.25, -0.2) is 4.98 Å². The summed E-state index contributed by atoms with van der Waals surface area (Å²) in [6.07, 6.45) is 7.73. The minimum Gasteiger partial charge on any atom is -0.396 e. The van der Waals surface area contributed by atoms with Gasteiger partial charge in [0.05, 0.1) is 30.0 Å². The highest BCUT2D eigenvalue weighted by Crippen LogP contribution is 2.31. The Morgan fingerprint density at radius 3 is 2.57 bits per heavy atom. The summed E-state index contributed by atoms with van der Waals surface area (Å²) in [5.41, 5.74) is 5.86. The Kier molecular flexibility index (Phi) is 9.03. The van der Waals surface area contributed by atoms with Crippen molar-refractivity contribution in [2.24, 2.45) is 5.92 Å². The van der Waals surface area contributed by atoms with Crippen LogP contribution in [0.5, 0.6) is 0 Å². The third kappa shape index (κ3) is 6.69. The number of hydrogen-bond donors (Lipinski definition) is 3. The second-order valence-corrected chi connectivity index (χ2v) is 9.14. The SMILES string of the molecule is CC.Cc1nc(N(C)C)ccc1Cn1cc(C(=O)NC2CCc3c2n[nH]c3C)cn1.OCC1CC1. The van der Waals surface area contributed by atoms with Crippen LogP contribution in [-0.2, 0) is 13.0 Å². The van der Waals surface area contributed by atoms with Gasteiger partial charge >= 0.3 is 0 Å². The molecule has 0 saturated heterocycles. The van der Waals surface area contributed by atoms with Gasteiger partial charge in [-0.1, -0.05) is 19.9 Å². The molecule has 2 aliphatic rings. The molecule has 3 N–H and O–H groups in total. The number of nitrogens with one attached hydrogen (secondary N) is 2. The Hall–Kier alpha value is -3.20. The fraction of sp³-hybridized carbons (Fsp3) is 0.538. The fourth-order valence-corrected chi connectivity index (χ4v) is 3.92. The van der Waals surface area contributed by atoms with Gasteiger partial charge in [0.15, 0.2) is 0 Å². The fourth-order valence-electron chi connectivity index (χ4n) is 3.92. The third-order valence-corrected chi connectivity index (χ3v) is 6.25. The summed E-state index contributed by atoms with van der Waals surface area (Å²) < 4.78 is 1.77. The van der Waals surface area contributed by atoms with Gasteiger partial charge in [0.25, 0.3) is 5.91 Å². The first-order chi connectivity index (χ1) is 16.9. The molecule has 190 valence electrons. The van der Waals surface area contributed by atoms with Gasteiger partial charge < -0.3 is 15.3 Å². The Morgan fingerprint density at radius 2 is 1.97 bits per heavy atom. The maximum absolute atomic E-state index is 12.6. The van der Waals surface area contributed by atoms with Crippen molar-refractivity contribution in [3.63, 3.8) is 0 Å². The zero-order valence-corrected chi connectivity index (χ0v) is 21.8. The van der Waals surface area contributed by atoms with Gasteiger partial charge in [0.1, 0.15) is 5.82 Å².